The van der Waals surface area contributed by atoms with Gasteiger partial charge in [-0.05, 0) is 23.8 Å². The summed E-state index contributed by atoms with van der Waals surface area (Å²) in [6, 6.07) is 8.80. The van der Waals surface area contributed by atoms with Crippen LogP contribution in [0.3, 0.4) is 0 Å². The van der Waals surface area contributed by atoms with Gasteiger partial charge >= 0.3 is 0 Å². The lowest BCUT2D eigenvalue weighted by molar-refractivity contribution is 0.102. The summed E-state index contributed by atoms with van der Waals surface area (Å²) in [5, 5.41) is 2.61. The molecule has 4 nitrogen and oxygen atoms in total. The number of benzene rings is 1. The molecule has 0 bridgehead atoms. The highest BCUT2D eigenvalue weighted by Crippen LogP contribution is 2.09. The molecule has 0 fully saturated rings. The Morgan fingerprint density at radius 2 is 2.00 bits per heavy atom. The first kappa shape index (κ1) is 11.5. The number of nitrogens with one attached hydrogen (secondary N) is 1. The number of amides is 1. The van der Waals surface area contributed by atoms with E-state index in [-0.39, 0.29) is 11.9 Å². The minimum absolute atomic E-state index is 0.247. The van der Waals surface area contributed by atoms with Gasteiger partial charge in [-0.3, -0.25) is 10.1 Å². The molecular weight excluding hydrogens is 238 g/mol. The summed E-state index contributed by atoms with van der Waals surface area (Å²) in [6.07, 6.45) is 3.13. The van der Waals surface area contributed by atoms with Crippen molar-refractivity contribution in [3.8, 4) is 0 Å². The standard InChI is InChI=1S/C12H10ClN3O/c13-8-9-3-1-4-10(7-9)11(17)16-12-14-5-2-6-15-12/h1-7H,8H2,(H,14,15,16,17). The van der Waals surface area contributed by atoms with Gasteiger partial charge in [-0.25, -0.2) is 9.97 Å². The van der Waals surface area contributed by atoms with E-state index in [2.05, 4.69) is 15.3 Å². The van der Waals surface area contributed by atoms with E-state index < -0.39 is 0 Å². The predicted molar refractivity (Wildman–Crippen MR) is 66.0 cm³/mol. The van der Waals surface area contributed by atoms with Gasteiger partial charge in [0.15, 0.2) is 0 Å². The average Bonchev–Trinajstić information content (AvgIpc) is 2.40. The van der Waals surface area contributed by atoms with E-state index in [9.17, 15) is 4.79 Å². The van der Waals surface area contributed by atoms with Crippen molar-refractivity contribution in [2.24, 2.45) is 0 Å². The molecule has 0 atom stereocenters. The maximum Gasteiger partial charge on any atom is 0.258 e. The Kier molecular flexibility index (Phi) is 3.67. The minimum atomic E-state index is -0.247. The minimum Gasteiger partial charge on any atom is -0.290 e. The number of anilines is 1. The second kappa shape index (κ2) is 5.41. The molecule has 1 amide bonds. The van der Waals surface area contributed by atoms with Gasteiger partial charge in [-0.2, -0.15) is 0 Å². The Hall–Kier alpha value is -1.94. The third kappa shape index (κ3) is 3.01. The fraction of sp³-hybridized carbons (Fsp3) is 0.0833. The second-order valence-electron chi connectivity index (χ2n) is 3.36. The van der Waals surface area contributed by atoms with Crippen LogP contribution in [0.2, 0.25) is 0 Å². The predicted octanol–water partition coefficient (Wildman–Crippen LogP) is 2.47. The number of carbonyl (C=O) groups excluding carboxylic acids is 1. The molecule has 0 radical (unpaired) electrons. The molecule has 0 saturated carbocycles. The lowest BCUT2D eigenvalue weighted by atomic mass is 10.1. The zero-order valence-electron chi connectivity index (χ0n) is 8.93. The number of hydrogen-bond acceptors (Lipinski definition) is 3. The molecule has 1 aromatic heterocycles. The number of aromatic nitrogens is 2. The number of carbonyl (C=O) groups is 1. The molecule has 0 aliphatic rings. The lowest BCUT2D eigenvalue weighted by Crippen LogP contribution is -2.14. The molecule has 5 heteroatoms. The molecule has 2 rings (SSSR count). The Morgan fingerprint density at radius 1 is 1.24 bits per heavy atom. The van der Waals surface area contributed by atoms with Crippen molar-refractivity contribution in [2.45, 2.75) is 5.88 Å². The fourth-order valence-corrected chi connectivity index (χ4v) is 1.50. The molecule has 2 aromatic rings. The molecule has 17 heavy (non-hydrogen) atoms. The van der Waals surface area contributed by atoms with E-state index in [1.165, 1.54) is 0 Å². The zero-order chi connectivity index (χ0) is 12.1. The Morgan fingerprint density at radius 3 is 2.71 bits per heavy atom. The van der Waals surface area contributed by atoms with Gasteiger partial charge < -0.3 is 0 Å². The van der Waals surface area contributed by atoms with Crippen LogP contribution in [0.5, 0.6) is 0 Å². The molecule has 0 unspecified atom stereocenters. The maximum atomic E-state index is 11.8. The first-order valence-electron chi connectivity index (χ1n) is 5.03. The summed E-state index contributed by atoms with van der Waals surface area (Å²) in [6.45, 7) is 0. The van der Waals surface area contributed by atoms with Gasteiger partial charge in [0, 0.05) is 23.8 Å². The molecule has 1 N–H and O–H groups in total. The summed E-state index contributed by atoms with van der Waals surface area (Å²) < 4.78 is 0. The number of halogens is 1. The maximum absolute atomic E-state index is 11.8. The van der Waals surface area contributed by atoms with Gasteiger partial charge in [-0.1, -0.05) is 12.1 Å². The monoisotopic (exact) mass is 247 g/mol. The van der Waals surface area contributed by atoms with Crippen LogP contribution in [0.1, 0.15) is 15.9 Å². The molecular formula is C12H10ClN3O. The summed E-state index contributed by atoms with van der Waals surface area (Å²) in [4.78, 5) is 19.7. The molecule has 0 spiro atoms. The van der Waals surface area contributed by atoms with Gasteiger partial charge in [0.1, 0.15) is 0 Å². The van der Waals surface area contributed by atoms with Crippen LogP contribution in [-0.4, -0.2) is 15.9 Å². The van der Waals surface area contributed by atoms with Crippen molar-refractivity contribution in [2.75, 3.05) is 5.32 Å². The number of alkyl halides is 1. The second-order valence-corrected chi connectivity index (χ2v) is 3.63. The van der Waals surface area contributed by atoms with Crippen molar-refractivity contribution in [1.82, 2.24) is 9.97 Å². The fourth-order valence-electron chi connectivity index (χ4n) is 1.33. The summed E-state index contributed by atoms with van der Waals surface area (Å²) >= 11 is 5.71. The molecule has 0 saturated heterocycles. The molecule has 1 aromatic carbocycles. The van der Waals surface area contributed by atoms with Crippen molar-refractivity contribution in [3.63, 3.8) is 0 Å². The lowest BCUT2D eigenvalue weighted by Gasteiger charge is -2.04. The summed E-state index contributed by atoms with van der Waals surface area (Å²) in [5.41, 5.74) is 1.43. The van der Waals surface area contributed by atoms with E-state index >= 15 is 0 Å². The molecule has 1 heterocycles. The first-order valence-corrected chi connectivity index (χ1v) is 5.56. The average molecular weight is 248 g/mol. The van der Waals surface area contributed by atoms with Crippen LogP contribution < -0.4 is 5.32 Å². The third-order valence-electron chi connectivity index (χ3n) is 2.13. The largest absolute Gasteiger partial charge is 0.290 e. The van der Waals surface area contributed by atoms with Gasteiger partial charge in [0.05, 0.1) is 0 Å². The molecule has 86 valence electrons. The highest BCUT2D eigenvalue weighted by Gasteiger charge is 2.07. The third-order valence-corrected chi connectivity index (χ3v) is 2.44. The zero-order valence-corrected chi connectivity index (χ0v) is 9.69. The highest BCUT2D eigenvalue weighted by atomic mass is 35.5. The first-order chi connectivity index (χ1) is 8.29. The Labute approximate surface area is 104 Å². The van der Waals surface area contributed by atoms with Crippen LogP contribution in [0.25, 0.3) is 0 Å². The van der Waals surface area contributed by atoms with Gasteiger partial charge in [0.25, 0.3) is 5.91 Å². The number of rotatable bonds is 3. The number of hydrogen-bond donors (Lipinski definition) is 1. The topological polar surface area (TPSA) is 54.9 Å². The Bertz CT molecular complexity index is 516. The van der Waals surface area contributed by atoms with Crippen LogP contribution in [0.4, 0.5) is 5.95 Å². The van der Waals surface area contributed by atoms with E-state index in [1.54, 1.807) is 36.7 Å². The Balaban J connectivity index is 2.14. The van der Waals surface area contributed by atoms with E-state index in [0.29, 0.717) is 11.4 Å². The van der Waals surface area contributed by atoms with Crippen molar-refractivity contribution in [1.29, 1.82) is 0 Å². The van der Waals surface area contributed by atoms with E-state index in [0.717, 1.165) is 5.56 Å². The molecule has 0 aliphatic carbocycles. The smallest absolute Gasteiger partial charge is 0.258 e. The van der Waals surface area contributed by atoms with Crippen LogP contribution in [0.15, 0.2) is 42.7 Å². The van der Waals surface area contributed by atoms with Gasteiger partial charge in [-0.15, -0.1) is 11.6 Å². The molecule has 0 aliphatic heterocycles. The highest BCUT2D eigenvalue weighted by molar-refractivity contribution is 6.17. The van der Waals surface area contributed by atoms with Crippen molar-refractivity contribution >= 4 is 23.5 Å². The van der Waals surface area contributed by atoms with E-state index in [1.807, 2.05) is 6.07 Å². The van der Waals surface area contributed by atoms with E-state index in [4.69, 9.17) is 11.6 Å². The SMILES string of the molecule is O=C(Nc1ncccn1)c1cccc(CCl)c1. The normalized spacial score (nSPS) is 9.94. The van der Waals surface area contributed by atoms with Crippen LogP contribution in [-0.2, 0) is 5.88 Å². The summed E-state index contributed by atoms with van der Waals surface area (Å²) in [7, 11) is 0. The quantitative estimate of drug-likeness (QED) is 0.848. The van der Waals surface area contributed by atoms with Crippen molar-refractivity contribution in [3.05, 3.63) is 53.9 Å². The summed E-state index contributed by atoms with van der Waals surface area (Å²) in [5.74, 6) is 0.417. The van der Waals surface area contributed by atoms with Crippen molar-refractivity contribution < 1.29 is 4.79 Å². The van der Waals surface area contributed by atoms with Gasteiger partial charge in [0.2, 0.25) is 5.95 Å². The number of nitrogens with zero attached hydrogens (tertiary/aromatic N) is 2. The van der Waals surface area contributed by atoms with Crippen LogP contribution >= 0.6 is 11.6 Å². The van der Waals surface area contributed by atoms with Crippen LogP contribution in [0, 0.1) is 0 Å².